The van der Waals surface area contributed by atoms with Crippen molar-refractivity contribution >= 4 is 49.1 Å². The minimum atomic E-state index is 0.0136. The third-order valence-corrected chi connectivity index (χ3v) is 4.64. The van der Waals surface area contributed by atoms with Crippen molar-refractivity contribution in [2.45, 2.75) is 13.0 Å². The number of rotatable bonds is 4. The first kappa shape index (κ1) is 15.8. The Morgan fingerprint density at radius 3 is 2.55 bits per heavy atom. The van der Waals surface area contributed by atoms with Gasteiger partial charge in [0.1, 0.15) is 0 Å². The van der Waals surface area contributed by atoms with Crippen molar-refractivity contribution in [1.29, 1.82) is 0 Å². The molecule has 0 aliphatic rings. The van der Waals surface area contributed by atoms with Crippen molar-refractivity contribution in [3.05, 3.63) is 61.5 Å². The van der Waals surface area contributed by atoms with Crippen LogP contribution in [-0.2, 0) is 0 Å². The van der Waals surface area contributed by atoms with Crippen LogP contribution in [-0.4, -0.2) is 6.54 Å². The van der Waals surface area contributed by atoms with Crippen LogP contribution in [0.5, 0.6) is 0 Å². The predicted octanol–water partition coefficient (Wildman–Crippen LogP) is 5.29. The summed E-state index contributed by atoms with van der Waals surface area (Å²) in [6.07, 6.45) is 0. The summed E-state index contributed by atoms with van der Waals surface area (Å²) < 4.78 is 1.98. The van der Waals surface area contributed by atoms with Gasteiger partial charge in [0.15, 0.2) is 0 Å². The van der Waals surface area contributed by atoms with Gasteiger partial charge in [0, 0.05) is 26.2 Å². The fourth-order valence-corrected chi connectivity index (χ4v) is 3.31. The molecule has 0 aliphatic carbocycles. The number of hydrogen-bond donors (Lipinski definition) is 2. The summed E-state index contributed by atoms with van der Waals surface area (Å²) in [5, 5.41) is 4.17. The van der Waals surface area contributed by atoms with E-state index in [1.54, 1.807) is 0 Å². The molecule has 0 bridgehead atoms. The lowest BCUT2D eigenvalue weighted by atomic mass is 10.1. The number of aryl methyl sites for hydroxylation is 1. The zero-order valence-electron chi connectivity index (χ0n) is 11.0. The summed E-state index contributed by atoms with van der Waals surface area (Å²) in [5.41, 5.74) is 9.23. The Hall–Kier alpha value is -0.550. The van der Waals surface area contributed by atoms with Crippen molar-refractivity contribution in [2.24, 2.45) is 5.73 Å². The number of hydrogen-bond acceptors (Lipinski definition) is 2. The maximum atomic E-state index is 5.98. The maximum Gasteiger partial charge on any atom is 0.0647 e. The fraction of sp³-hybridized carbons (Fsp3) is 0.200. The second-order valence-electron chi connectivity index (χ2n) is 4.58. The first-order valence-corrected chi connectivity index (χ1v) is 8.15. The van der Waals surface area contributed by atoms with Crippen LogP contribution in [0, 0.1) is 6.92 Å². The summed E-state index contributed by atoms with van der Waals surface area (Å²) in [7, 11) is 0. The number of anilines is 1. The molecule has 2 rings (SSSR count). The third-order valence-electron chi connectivity index (χ3n) is 3.03. The molecule has 0 saturated carbocycles. The van der Waals surface area contributed by atoms with Gasteiger partial charge in [-0.05, 0) is 58.2 Å². The van der Waals surface area contributed by atoms with Crippen molar-refractivity contribution < 1.29 is 0 Å². The molecule has 2 nitrogen and oxygen atoms in total. The van der Waals surface area contributed by atoms with Gasteiger partial charge in [-0.2, -0.15) is 0 Å². The number of nitrogens with two attached hydrogens (primary N) is 1. The Kier molecular flexibility index (Phi) is 5.49. The van der Waals surface area contributed by atoms with E-state index in [2.05, 4.69) is 56.2 Å². The maximum absolute atomic E-state index is 5.98. The third kappa shape index (κ3) is 3.76. The van der Waals surface area contributed by atoms with Gasteiger partial charge >= 0.3 is 0 Å². The first-order chi connectivity index (χ1) is 9.51. The number of nitrogens with one attached hydrogen (secondary N) is 1. The summed E-state index contributed by atoms with van der Waals surface area (Å²) in [5.74, 6) is 0. The van der Waals surface area contributed by atoms with E-state index in [9.17, 15) is 0 Å². The summed E-state index contributed by atoms with van der Waals surface area (Å²) in [6.45, 7) is 2.55. The van der Waals surface area contributed by atoms with Crippen LogP contribution in [0.15, 0.2) is 45.3 Å². The highest BCUT2D eigenvalue weighted by Gasteiger charge is 2.14. The molecule has 2 aromatic rings. The normalized spacial score (nSPS) is 12.2. The predicted molar refractivity (Wildman–Crippen MR) is 93.4 cm³/mol. The molecule has 2 aromatic carbocycles. The molecule has 20 heavy (non-hydrogen) atoms. The van der Waals surface area contributed by atoms with E-state index in [0.717, 1.165) is 20.2 Å². The van der Waals surface area contributed by atoms with E-state index in [1.165, 1.54) is 5.56 Å². The zero-order chi connectivity index (χ0) is 14.7. The van der Waals surface area contributed by atoms with Crippen LogP contribution in [0.2, 0.25) is 5.02 Å². The Labute approximate surface area is 141 Å². The second kappa shape index (κ2) is 6.94. The minimum absolute atomic E-state index is 0.0136. The molecule has 106 valence electrons. The Bertz CT molecular complexity index is 617. The Balaban J connectivity index is 2.31. The lowest BCUT2D eigenvalue weighted by Crippen LogP contribution is -2.21. The quantitative estimate of drug-likeness (QED) is 0.708. The monoisotopic (exact) mass is 416 g/mol. The Morgan fingerprint density at radius 2 is 1.90 bits per heavy atom. The smallest absolute Gasteiger partial charge is 0.0647 e. The zero-order valence-corrected chi connectivity index (χ0v) is 14.9. The van der Waals surface area contributed by atoms with Crippen molar-refractivity contribution in [3.63, 3.8) is 0 Å². The van der Waals surface area contributed by atoms with E-state index in [-0.39, 0.29) is 6.04 Å². The molecule has 0 heterocycles. The topological polar surface area (TPSA) is 38.0 Å². The van der Waals surface area contributed by atoms with Crippen LogP contribution < -0.4 is 11.1 Å². The van der Waals surface area contributed by atoms with E-state index >= 15 is 0 Å². The number of benzene rings is 2. The van der Waals surface area contributed by atoms with Crippen LogP contribution in [0.4, 0.5) is 5.69 Å². The van der Waals surface area contributed by atoms with Crippen LogP contribution in [0.3, 0.4) is 0 Å². The lowest BCUT2D eigenvalue weighted by molar-refractivity contribution is 0.785. The van der Waals surface area contributed by atoms with E-state index in [4.69, 9.17) is 17.3 Å². The highest BCUT2D eigenvalue weighted by molar-refractivity contribution is 9.11. The molecular formula is C15H15Br2ClN2. The molecule has 0 radical (unpaired) electrons. The van der Waals surface area contributed by atoms with Gasteiger partial charge in [-0.1, -0.05) is 39.7 Å². The summed E-state index contributed by atoms with van der Waals surface area (Å²) >= 11 is 13.1. The van der Waals surface area contributed by atoms with E-state index in [0.29, 0.717) is 11.6 Å². The average molecular weight is 419 g/mol. The summed E-state index contributed by atoms with van der Waals surface area (Å²) in [6, 6.07) is 11.9. The molecule has 0 fully saturated rings. The number of halogens is 3. The molecule has 0 amide bonds. The first-order valence-electron chi connectivity index (χ1n) is 6.19. The molecule has 0 aromatic heterocycles. The lowest BCUT2D eigenvalue weighted by Gasteiger charge is -2.21. The summed E-state index contributed by atoms with van der Waals surface area (Å²) in [4.78, 5) is 0. The SMILES string of the molecule is Cc1ccc(Br)c(NC(CN)c2ccc(Cl)cc2Br)c1. The van der Waals surface area contributed by atoms with Gasteiger partial charge in [-0.25, -0.2) is 0 Å². The van der Waals surface area contributed by atoms with Gasteiger partial charge in [0.05, 0.1) is 6.04 Å². The highest BCUT2D eigenvalue weighted by Crippen LogP contribution is 2.31. The van der Waals surface area contributed by atoms with Crippen molar-refractivity contribution in [3.8, 4) is 0 Å². The highest BCUT2D eigenvalue weighted by atomic mass is 79.9. The second-order valence-corrected chi connectivity index (χ2v) is 6.73. The van der Waals surface area contributed by atoms with Crippen LogP contribution in [0.25, 0.3) is 0 Å². The van der Waals surface area contributed by atoms with Crippen LogP contribution >= 0.6 is 43.5 Å². The van der Waals surface area contributed by atoms with Gasteiger partial charge in [0.25, 0.3) is 0 Å². The minimum Gasteiger partial charge on any atom is -0.376 e. The molecular weight excluding hydrogens is 403 g/mol. The Morgan fingerprint density at radius 1 is 1.15 bits per heavy atom. The molecule has 0 spiro atoms. The van der Waals surface area contributed by atoms with Gasteiger partial charge in [-0.15, -0.1) is 0 Å². The molecule has 1 unspecified atom stereocenters. The van der Waals surface area contributed by atoms with Crippen LogP contribution in [0.1, 0.15) is 17.2 Å². The van der Waals surface area contributed by atoms with Crippen molar-refractivity contribution in [2.75, 3.05) is 11.9 Å². The molecule has 5 heteroatoms. The molecule has 3 N–H and O–H groups in total. The standard InChI is InChI=1S/C15H15Br2ClN2/c1-9-2-5-12(16)14(6-9)20-15(8-19)11-4-3-10(18)7-13(11)17/h2-7,15,20H,8,19H2,1H3. The molecule has 0 aliphatic heterocycles. The molecule has 0 saturated heterocycles. The van der Waals surface area contributed by atoms with Gasteiger partial charge < -0.3 is 11.1 Å². The van der Waals surface area contributed by atoms with E-state index in [1.807, 2.05) is 24.3 Å². The van der Waals surface area contributed by atoms with Crippen molar-refractivity contribution in [1.82, 2.24) is 0 Å². The fourth-order valence-electron chi connectivity index (χ4n) is 1.99. The average Bonchev–Trinajstić information content (AvgIpc) is 2.40. The van der Waals surface area contributed by atoms with Gasteiger partial charge in [-0.3, -0.25) is 0 Å². The molecule has 1 atom stereocenters. The van der Waals surface area contributed by atoms with Gasteiger partial charge in [0.2, 0.25) is 0 Å². The largest absolute Gasteiger partial charge is 0.376 e. The van der Waals surface area contributed by atoms with E-state index < -0.39 is 0 Å².